The number of ether oxygens (including phenoxy) is 1. The second-order valence-electron chi connectivity index (χ2n) is 4.85. The third kappa shape index (κ3) is 3.57. The fourth-order valence-electron chi connectivity index (χ4n) is 2.10. The Labute approximate surface area is 143 Å². The fraction of sp³-hybridized carbons (Fsp3) is 0. The Balaban J connectivity index is 1.94. The lowest BCUT2D eigenvalue weighted by Crippen LogP contribution is -2.10. The molecule has 3 rings (SSSR count). The summed E-state index contributed by atoms with van der Waals surface area (Å²) in [7, 11) is 0. The molecule has 0 N–H and O–H groups in total. The minimum absolute atomic E-state index is 0.139. The predicted octanol–water partition coefficient (Wildman–Crippen LogP) is 3.89. The van der Waals surface area contributed by atoms with Crippen molar-refractivity contribution in [2.75, 3.05) is 0 Å². The molecule has 0 radical (unpaired) electrons. The fourth-order valence-corrected chi connectivity index (χ4v) is 2.23. The van der Waals surface area contributed by atoms with Crippen molar-refractivity contribution in [3.8, 4) is 22.9 Å². The number of nitrogens with zero attached hydrogens (tertiary/aromatic N) is 3. The van der Waals surface area contributed by atoms with Crippen LogP contribution in [0.2, 0.25) is 5.02 Å². The van der Waals surface area contributed by atoms with E-state index >= 15 is 0 Å². The average molecular weight is 336 g/mol. The molecule has 1 heterocycles. The smallest absolute Gasteiger partial charge is 0.362 e. The van der Waals surface area contributed by atoms with Gasteiger partial charge in [0.25, 0.3) is 0 Å². The first-order valence-corrected chi connectivity index (χ1v) is 7.33. The highest BCUT2D eigenvalue weighted by Gasteiger charge is 2.12. The maximum absolute atomic E-state index is 12.1. The Morgan fingerprint density at radius 3 is 2.54 bits per heavy atom. The van der Waals surface area contributed by atoms with Crippen molar-refractivity contribution < 1.29 is 9.53 Å². The monoisotopic (exact) mass is 335 g/mol. The van der Waals surface area contributed by atoms with Crippen LogP contribution in [0.15, 0.2) is 61.1 Å². The summed E-state index contributed by atoms with van der Waals surface area (Å²) in [6, 6.07) is 15.6. The third-order valence-electron chi connectivity index (χ3n) is 3.21. The van der Waals surface area contributed by atoms with Gasteiger partial charge in [-0.15, -0.1) is 0 Å². The van der Waals surface area contributed by atoms with Gasteiger partial charge in [-0.05, 0) is 47.5 Å². The van der Waals surface area contributed by atoms with Crippen LogP contribution in [-0.4, -0.2) is 15.9 Å². The molecular formula is C18H10ClN3O2. The first-order valence-electron chi connectivity index (χ1n) is 6.95. The van der Waals surface area contributed by atoms with Crippen LogP contribution in [0.4, 0.5) is 0 Å². The summed E-state index contributed by atoms with van der Waals surface area (Å²) < 4.78 is 5.32. The lowest BCUT2D eigenvalue weighted by molar-refractivity contribution is 0.0728. The van der Waals surface area contributed by atoms with E-state index in [2.05, 4.69) is 16.0 Å². The molecule has 5 nitrogen and oxygen atoms in total. The van der Waals surface area contributed by atoms with Gasteiger partial charge in [0.15, 0.2) is 5.69 Å². The number of hydrogen-bond acceptors (Lipinski definition) is 5. The highest BCUT2D eigenvalue weighted by Crippen LogP contribution is 2.27. The van der Waals surface area contributed by atoms with Gasteiger partial charge < -0.3 is 4.74 Å². The van der Waals surface area contributed by atoms with Crippen LogP contribution in [0.1, 0.15) is 16.1 Å². The summed E-state index contributed by atoms with van der Waals surface area (Å²) in [5.74, 6) is -0.350. The molecule has 6 heteroatoms. The van der Waals surface area contributed by atoms with Crippen molar-refractivity contribution in [3.05, 3.63) is 77.3 Å². The van der Waals surface area contributed by atoms with E-state index in [1.807, 2.05) is 12.1 Å². The second kappa shape index (κ2) is 6.90. The number of aromatic nitrogens is 2. The van der Waals surface area contributed by atoms with E-state index in [1.54, 1.807) is 24.3 Å². The minimum Gasteiger partial charge on any atom is -0.422 e. The quantitative estimate of drug-likeness (QED) is 0.536. The highest BCUT2D eigenvalue weighted by atomic mass is 35.5. The van der Waals surface area contributed by atoms with Crippen LogP contribution in [0, 0.1) is 11.3 Å². The number of carbonyl (C=O) groups excluding carboxylic acids is 1. The Morgan fingerprint density at radius 1 is 1.08 bits per heavy atom. The predicted molar refractivity (Wildman–Crippen MR) is 88.6 cm³/mol. The van der Waals surface area contributed by atoms with Crippen LogP contribution >= 0.6 is 11.6 Å². The summed E-state index contributed by atoms with van der Waals surface area (Å²) >= 11 is 5.89. The van der Waals surface area contributed by atoms with Crippen molar-refractivity contribution in [2.24, 2.45) is 0 Å². The van der Waals surface area contributed by atoms with Crippen LogP contribution < -0.4 is 4.74 Å². The van der Waals surface area contributed by atoms with E-state index in [4.69, 9.17) is 16.3 Å². The molecule has 0 aliphatic carbocycles. The first kappa shape index (κ1) is 15.7. The van der Waals surface area contributed by atoms with E-state index in [-0.39, 0.29) is 11.4 Å². The summed E-state index contributed by atoms with van der Waals surface area (Å²) in [5.41, 5.74) is 2.13. The molecule has 0 fully saturated rings. The van der Waals surface area contributed by atoms with Crippen molar-refractivity contribution in [1.82, 2.24) is 9.97 Å². The largest absolute Gasteiger partial charge is 0.422 e. The molecule has 0 aliphatic rings. The Morgan fingerprint density at radius 2 is 1.88 bits per heavy atom. The van der Waals surface area contributed by atoms with Gasteiger partial charge in [0.2, 0.25) is 0 Å². The van der Waals surface area contributed by atoms with Crippen LogP contribution in [0.25, 0.3) is 11.1 Å². The molecule has 1 aromatic heterocycles. The normalized spacial score (nSPS) is 10.0. The SMILES string of the molecule is N#Cc1cc(OC(=O)c2ccncn2)cc(-c2ccc(Cl)cc2)c1. The molecular weight excluding hydrogens is 326 g/mol. The molecule has 0 unspecified atom stereocenters. The molecule has 116 valence electrons. The molecule has 3 aromatic rings. The average Bonchev–Trinajstić information content (AvgIpc) is 2.62. The highest BCUT2D eigenvalue weighted by molar-refractivity contribution is 6.30. The Bertz CT molecular complexity index is 919. The first-order chi connectivity index (χ1) is 11.7. The zero-order valence-corrected chi connectivity index (χ0v) is 13.1. The molecule has 24 heavy (non-hydrogen) atoms. The van der Waals surface area contributed by atoms with Crippen molar-refractivity contribution >= 4 is 17.6 Å². The lowest BCUT2D eigenvalue weighted by atomic mass is 10.0. The minimum atomic E-state index is -0.616. The van der Waals surface area contributed by atoms with Crippen LogP contribution in [0.5, 0.6) is 5.75 Å². The number of hydrogen-bond donors (Lipinski definition) is 0. The summed E-state index contributed by atoms with van der Waals surface area (Å²) in [5, 5.41) is 9.81. The van der Waals surface area contributed by atoms with Gasteiger partial charge in [0.05, 0.1) is 11.6 Å². The van der Waals surface area contributed by atoms with Crippen molar-refractivity contribution in [1.29, 1.82) is 5.26 Å². The lowest BCUT2D eigenvalue weighted by Gasteiger charge is -2.08. The number of rotatable bonds is 3. The van der Waals surface area contributed by atoms with Crippen LogP contribution in [0.3, 0.4) is 0 Å². The number of nitriles is 1. The van der Waals surface area contributed by atoms with Gasteiger partial charge in [0.1, 0.15) is 12.1 Å². The molecule has 0 spiro atoms. The summed E-state index contributed by atoms with van der Waals surface area (Å²) in [4.78, 5) is 19.7. The molecule has 2 aromatic carbocycles. The Kier molecular flexibility index (Phi) is 4.50. The van der Waals surface area contributed by atoms with E-state index in [1.165, 1.54) is 24.7 Å². The maximum atomic E-state index is 12.1. The van der Waals surface area contributed by atoms with E-state index in [0.29, 0.717) is 10.6 Å². The molecule has 0 atom stereocenters. The zero-order valence-electron chi connectivity index (χ0n) is 12.3. The molecule has 0 saturated carbocycles. The zero-order chi connectivity index (χ0) is 16.9. The number of carbonyl (C=O) groups is 1. The second-order valence-corrected chi connectivity index (χ2v) is 5.29. The number of halogens is 1. The summed E-state index contributed by atoms with van der Waals surface area (Å²) in [6.07, 6.45) is 2.72. The van der Waals surface area contributed by atoms with Crippen molar-refractivity contribution in [2.45, 2.75) is 0 Å². The van der Waals surface area contributed by atoms with Gasteiger partial charge >= 0.3 is 5.97 Å². The standard InChI is InChI=1S/C18H10ClN3O2/c19-15-3-1-13(2-4-15)14-7-12(10-20)8-16(9-14)24-18(23)17-5-6-21-11-22-17/h1-9,11H. The van der Waals surface area contributed by atoms with Crippen molar-refractivity contribution in [3.63, 3.8) is 0 Å². The van der Waals surface area contributed by atoms with E-state index < -0.39 is 5.97 Å². The van der Waals surface area contributed by atoms with Gasteiger partial charge in [-0.3, -0.25) is 0 Å². The van der Waals surface area contributed by atoms with Gasteiger partial charge in [-0.1, -0.05) is 23.7 Å². The van der Waals surface area contributed by atoms with Gasteiger partial charge in [-0.2, -0.15) is 5.26 Å². The van der Waals surface area contributed by atoms with E-state index in [0.717, 1.165) is 11.1 Å². The molecule has 0 saturated heterocycles. The topological polar surface area (TPSA) is 75.9 Å². The number of esters is 1. The molecule has 0 amide bonds. The van der Waals surface area contributed by atoms with Gasteiger partial charge in [-0.25, -0.2) is 14.8 Å². The van der Waals surface area contributed by atoms with E-state index in [9.17, 15) is 10.1 Å². The molecule has 0 aliphatic heterocycles. The number of benzene rings is 2. The molecule has 0 bridgehead atoms. The third-order valence-corrected chi connectivity index (χ3v) is 3.47. The summed E-state index contributed by atoms with van der Waals surface area (Å²) in [6.45, 7) is 0. The maximum Gasteiger partial charge on any atom is 0.362 e. The van der Waals surface area contributed by atoms with Gasteiger partial charge in [0, 0.05) is 11.2 Å². The van der Waals surface area contributed by atoms with Crippen LogP contribution in [-0.2, 0) is 0 Å². The Hall–Kier alpha value is -3.23.